The predicted molar refractivity (Wildman–Crippen MR) is 94.4 cm³/mol. The second-order valence-electron chi connectivity index (χ2n) is 4.84. The van der Waals surface area contributed by atoms with Crippen LogP contribution >= 0.6 is 12.2 Å². The van der Waals surface area contributed by atoms with Gasteiger partial charge in [-0.2, -0.15) is 0 Å². The lowest BCUT2D eigenvalue weighted by molar-refractivity contribution is 0.0974. The van der Waals surface area contributed by atoms with Crippen LogP contribution in [0.1, 0.15) is 15.9 Å². The lowest BCUT2D eigenvalue weighted by Gasteiger charge is -2.12. The van der Waals surface area contributed by atoms with E-state index in [2.05, 4.69) is 10.6 Å². The Bertz CT molecular complexity index is 714. The van der Waals surface area contributed by atoms with Crippen LogP contribution in [0.25, 0.3) is 0 Å². The third-order valence-electron chi connectivity index (χ3n) is 3.19. The van der Waals surface area contributed by atoms with Crippen LogP contribution < -0.4 is 20.1 Å². The third-order valence-corrected chi connectivity index (χ3v) is 3.39. The minimum Gasteiger partial charge on any atom is -0.497 e. The van der Waals surface area contributed by atoms with Crippen molar-refractivity contribution < 1.29 is 14.3 Å². The molecule has 0 atom stereocenters. The summed E-state index contributed by atoms with van der Waals surface area (Å²) < 4.78 is 10.3. The number of carbonyl (C=O) groups is 1. The van der Waals surface area contributed by atoms with Crippen molar-refractivity contribution in [2.75, 3.05) is 19.5 Å². The Hall–Kier alpha value is -2.60. The fourth-order valence-corrected chi connectivity index (χ4v) is 2.17. The van der Waals surface area contributed by atoms with E-state index in [1.54, 1.807) is 25.3 Å². The first-order valence-corrected chi connectivity index (χ1v) is 7.35. The molecule has 0 aliphatic rings. The predicted octanol–water partition coefficient (Wildman–Crippen LogP) is 3.14. The molecule has 5 nitrogen and oxygen atoms in total. The van der Waals surface area contributed by atoms with Crippen molar-refractivity contribution in [3.8, 4) is 11.5 Å². The summed E-state index contributed by atoms with van der Waals surface area (Å²) in [7, 11) is 3.05. The van der Waals surface area contributed by atoms with Gasteiger partial charge in [0, 0.05) is 11.8 Å². The summed E-state index contributed by atoms with van der Waals surface area (Å²) in [6, 6.07) is 12.7. The van der Waals surface area contributed by atoms with Gasteiger partial charge in [0.05, 0.1) is 19.8 Å². The molecule has 0 bridgehead atoms. The molecule has 120 valence electrons. The van der Waals surface area contributed by atoms with Crippen LogP contribution in [-0.2, 0) is 0 Å². The van der Waals surface area contributed by atoms with Gasteiger partial charge in [-0.05, 0) is 43.4 Å². The van der Waals surface area contributed by atoms with Crippen molar-refractivity contribution in [2.24, 2.45) is 0 Å². The van der Waals surface area contributed by atoms with Crippen LogP contribution in [-0.4, -0.2) is 25.2 Å². The monoisotopic (exact) mass is 330 g/mol. The van der Waals surface area contributed by atoms with Crippen molar-refractivity contribution in [3.05, 3.63) is 53.6 Å². The van der Waals surface area contributed by atoms with Gasteiger partial charge in [0.2, 0.25) is 0 Å². The van der Waals surface area contributed by atoms with Crippen LogP contribution in [0.4, 0.5) is 5.69 Å². The largest absolute Gasteiger partial charge is 0.497 e. The highest BCUT2D eigenvalue weighted by atomic mass is 32.1. The average molecular weight is 330 g/mol. The molecular weight excluding hydrogens is 312 g/mol. The Morgan fingerprint density at radius 3 is 2.35 bits per heavy atom. The van der Waals surface area contributed by atoms with E-state index in [-0.39, 0.29) is 11.0 Å². The molecule has 0 aromatic heterocycles. The molecule has 0 fully saturated rings. The van der Waals surface area contributed by atoms with Crippen LogP contribution in [0.15, 0.2) is 42.5 Å². The molecule has 0 unspecified atom stereocenters. The quantitative estimate of drug-likeness (QED) is 0.844. The van der Waals surface area contributed by atoms with E-state index in [1.807, 2.05) is 31.2 Å². The van der Waals surface area contributed by atoms with Gasteiger partial charge in [-0.15, -0.1) is 0 Å². The normalized spacial score (nSPS) is 9.87. The molecule has 0 saturated heterocycles. The fraction of sp³-hybridized carbons (Fsp3) is 0.176. The zero-order chi connectivity index (χ0) is 16.8. The standard InChI is InChI=1S/C17H18N2O3S/c1-11-4-6-12(7-5-11)18-17(23)19-16(20)14-9-8-13(21-2)10-15(14)22-3/h4-10H,1-3H3,(H2,18,19,20,23). The molecule has 2 rings (SSSR count). The summed E-state index contributed by atoms with van der Waals surface area (Å²) in [5.74, 6) is 0.674. The van der Waals surface area contributed by atoms with Crippen molar-refractivity contribution in [2.45, 2.75) is 6.92 Å². The number of hydrogen-bond donors (Lipinski definition) is 2. The second-order valence-corrected chi connectivity index (χ2v) is 5.25. The van der Waals surface area contributed by atoms with Gasteiger partial charge in [0.1, 0.15) is 11.5 Å². The van der Waals surface area contributed by atoms with Crippen LogP contribution in [0, 0.1) is 6.92 Å². The Labute approximate surface area is 140 Å². The van der Waals surface area contributed by atoms with Gasteiger partial charge < -0.3 is 14.8 Å². The summed E-state index contributed by atoms with van der Waals surface area (Å²) in [6.07, 6.45) is 0. The number of carbonyl (C=O) groups excluding carboxylic acids is 1. The van der Waals surface area contributed by atoms with Crippen molar-refractivity contribution in [3.63, 3.8) is 0 Å². The van der Waals surface area contributed by atoms with Gasteiger partial charge in [-0.25, -0.2) is 0 Å². The number of benzene rings is 2. The van der Waals surface area contributed by atoms with Gasteiger partial charge in [0.15, 0.2) is 5.11 Å². The minimum atomic E-state index is -0.353. The molecule has 2 aromatic carbocycles. The zero-order valence-electron chi connectivity index (χ0n) is 13.2. The maximum absolute atomic E-state index is 12.3. The molecule has 0 radical (unpaired) electrons. The maximum Gasteiger partial charge on any atom is 0.261 e. The topological polar surface area (TPSA) is 59.6 Å². The molecule has 0 heterocycles. The average Bonchev–Trinajstić information content (AvgIpc) is 2.56. The van der Waals surface area contributed by atoms with Crippen molar-refractivity contribution in [1.82, 2.24) is 5.32 Å². The molecule has 2 N–H and O–H groups in total. The van der Waals surface area contributed by atoms with Crippen LogP contribution in [0.5, 0.6) is 11.5 Å². The van der Waals surface area contributed by atoms with E-state index in [0.29, 0.717) is 17.1 Å². The molecule has 2 aromatic rings. The molecule has 0 spiro atoms. The SMILES string of the molecule is COc1ccc(C(=O)NC(=S)Nc2ccc(C)cc2)c(OC)c1. The molecule has 23 heavy (non-hydrogen) atoms. The molecule has 1 amide bonds. The summed E-state index contributed by atoms with van der Waals surface area (Å²) in [5.41, 5.74) is 2.33. The van der Waals surface area contributed by atoms with E-state index in [4.69, 9.17) is 21.7 Å². The maximum atomic E-state index is 12.3. The van der Waals surface area contributed by atoms with Gasteiger partial charge in [-0.3, -0.25) is 10.1 Å². The highest BCUT2D eigenvalue weighted by Crippen LogP contribution is 2.24. The molecule has 0 aliphatic carbocycles. The number of ether oxygens (including phenoxy) is 2. The second kappa shape index (κ2) is 7.60. The molecule has 6 heteroatoms. The zero-order valence-corrected chi connectivity index (χ0v) is 14.0. The molecule has 0 saturated carbocycles. The molecular formula is C17H18N2O3S. The smallest absolute Gasteiger partial charge is 0.261 e. The summed E-state index contributed by atoms with van der Waals surface area (Å²) >= 11 is 5.16. The first kappa shape index (κ1) is 16.8. The first-order chi connectivity index (χ1) is 11.0. The van der Waals surface area contributed by atoms with Gasteiger partial charge >= 0.3 is 0 Å². The highest BCUT2D eigenvalue weighted by Gasteiger charge is 2.14. The lowest BCUT2D eigenvalue weighted by Crippen LogP contribution is -2.34. The molecule has 0 aliphatic heterocycles. The number of methoxy groups -OCH3 is 2. The van der Waals surface area contributed by atoms with Crippen LogP contribution in [0.2, 0.25) is 0 Å². The van der Waals surface area contributed by atoms with E-state index in [0.717, 1.165) is 11.3 Å². The number of thiocarbonyl (C=S) groups is 1. The highest BCUT2D eigenvalue weighted by molar-refractivity contribution is 7.80. The van der Waals surface area contributed by atoms with E-state index in [1.165, 1.54) is 7.11 Å². The minimum absolute atomic E-state index is 0.219. The number of nitrogens with one attached hydrogen (secondary N) is 2. The number of rotatable bonds is 4. The summed E-state index contributed by atoms with van der Waals surface area (Å²) in [5, 5.41) is 5.82. The summed E-state index contributed by atoms with van der Waals surface area (Å²) in [6.45, 7) is 2.00. The lowest BCUT2D eigenvalue weighted by atomic mass is 10.2. The van der Waals surface area contributed by atoms with Crippen molar-refractivity contribution >= 4 is 28.9 Å². The third kappa shape index (κ3) is 4.43. The number of hydrogen-bond acceptors (Lipinski definition) is 4. The number of aryl methyl sites for hydroxylation is 1. The van der Waals surface area contributed by atoms with E-state index in [9.17, 15) is 4.79 Å². The summed E-state index contributed by atoms with van der Waals surface area (Å²) in [4.78, 5) is 12.3. The van der Waals surface area contributed by atoms with Gasteiger partial charge in [0.25, 0.3) is 5.91 Å². The number of anilines is 1. The fourth-order valence-electron chi connectivity index (χ4n) is 1.96. The Morgan fingerprint density at radius 2 is 1.74 bits per heavy atom. The number of amides is 1. The first-order valence-electron chi connectivity index (χ1n) is 6.94. The Balaban J connectivity index is 2.06. The Morgan fingerprint density at radius 1 is 1.04 bits per heavy atom. The van der Waals surface area contributed by atoms with Gasteiger partial charge in [-0.1, -0.05) is 17.7 Å². The van der Waals surface area contributed by atoms with E-state index >= 15 is 0 Å². The van der Waals surface area contributed by atoms with E-state index < -0.39 is 0 Å². The van der Waals surface area contributed by atoms with Crippen LogP contribution in [0.3, 0.4) is 0 Å². The van der Waals surface area contributed by atoms with Crippen molar-refractivity contribution in [1.29, 1.82) is 0 Å². The Kier molecular flexibility index (Phi) is 5.54.